The minimum atomic E-state index is -1.15. The molecule has 0 aromatic heterocycles. The number of carbonyl (C=O) groups excluding carboxylic acids is 4. The molecule has 0 saturated carbocycles. The Bertz CT molecular complexity index is 855. The van der Waals surface area contributed by atoms with Gasteiger partial charge in [-0.3, -0.25) is 19.2 Å². The molecule has 0 radical (unpaired) electrons. The third kappa shape index (κ3) is 15.3. The van der Waals surface area contributed by atoms with Crippen LogP contribution in [-0.2, 0) is 38.1 Å². The highest BCUT2D eigenvalue weighted by Crippen LogP contribution is 2.47. The van der Waals surface area contributed by atoms with E-state index < -0.39 is 36.1 Å². The highest BCUT2D eigenvalue weighted by molar-refractivity contribution is 7.80. The maximum atomic E-state index is 11.9. The summed E-state index contributed by atoms with van der Waals surface area (Å²) in [5.41, 5.74) is 0. The van der Waals surface area contributed by atoms with Gasteiger partial charge in [-0.05, 0) is 0 Å². The lowest BCUT2D eigenvalue weighted by Gasteiger charge is -2.26. The van der Waals surface area contributed by atoms with E-state index in [9.17, 15) is 24.3 Å². The summed E-state index contributed by atoms with van der Waals surface area (Å²) in [6.45, 7) is -0.734. The van der Waals surface area contributed by atoms with Crippen molar-refractivity contribution in [3.8, 4) is 5.75 Å². The van der Waals surface area contributed by atoms with Crippen LogP contribution in [0.2, 0.25) is 25.1 Å². The summed E-state index contributed by atoms with van der Waals surface area (Å²) in [6, 6.07) is 0. The van der Waals surface area contributed by atoms with E-state index in [1.165, 1.54) is 0 Å². The Balaban J connectivity index is 0.00000104. The summed E-state index contributed by atoms with van der Waals surface area (Å²) < 4.78 is 20.6. The Labute approximate surface area is 278 Å². The molecule has 0 amide bonds. The van der Waals surface area contributed by atoms with Crippen molar-refractivity contribution in [3.63, 3.8) is 0 Å². The Morgan fingerprint density at radius 2 is 0.825 bits per heavy atom. The van der Waals surface area contributed by atoms with Crippen molar-refractivity contribution in [2.24, 2.45) is 0 Å². The molecule has 0 spiro atoms. The molecule has 1 N–H and O–H groups in total. The van der Waals surface area contributed by atoms with Gasteiger partial charge in [0, 0.05) is 23.0 Å². The molecule has 9 nitrogen and oxygen atoms in total. The Hall–Kier alpha value is -0.250. The predicted molar refractivity (Wildman–Crippen MR) is 169 cm³/mol. The van der Waals surface area contributed by atoms with Gasteiger partial charge in [-0.1, -0.05) is 58.0 Å². The molecular formula is C22H27Cl5O9S4. The average Bonchev–Trinajstić information content (AvgIpc) is 2.91. The van der Waals surface area contributed by atoms with Crippen molar-refractivity contribution in [3.05, 3.63) is 25.1 Å². The van der Waals surface area contributed by atoms with Crippen LogP contribution in [0.1, 0.15) is 25.7 Å². The minimum absolute atomic E-state index is 0.000937. The monoisotopic (exact) mass is 738 g/mol. The summed E-state index contributed by atoms with van der Waals surface area (Å²) in [4.78, 5) is 47.0. The van der Waals surface area contributed by atoms with Crippen LogP contribution in [0.15, 0.2) is 0 Å². The lowest BCUT2D eigenvalue weighted by atomic mass is 10.2. The fourth-order valence-corrected chi connectivity index (χ4v) is 4.20. The van der Waals surface area contributed by atoms with Crippen LogP contribution in [0.5, 0.6) is 5.75 Å². The zero-order valence-electron chi connectivity index (χ0n) is 20.6. The van der Waals surface area contributed by atoms with E-state index in [0.29, 0.717) is 0 Å². The van der Waals surface area contributed by atoms with Crippen LogP contribution >= 0.6 is 109 Å². The van der Waals surface area contributed by atoms with Crippen molar-refractivity contribution < 1.29 is 43.2 Å². The number of phenolic OH excluding ortho intramolecular Hbond substituents is 1. The molecule has 1 rings (SSSR count). The van der Waals surface area contributed by atoms with Crippen LogP contribution in [0.25, 0.3) is 0 Å². The van der Waals surface area contributed by atoms with Crippen molar-refractivity contribution in [1.82, 2.24) is 0 Å². The van der Waals surface area contributed by atoms with Crippen molar-refractivity contribution in [2.75, 3.05) is 36.2 Å². The lowest BCUT2D eigenvalue weighted by Crippen LogP contribution is -2.42. The average molecular weight is 741 g/mol. The minimum Gasteiger partial charge on any atom is -0.505 e. The lowest BCUT2D eigenvalue weighted by molar-refractivity contribution is -0.182. The maximum absolute atomic E-state index is 11.9. The van der Waals surface area contributed by atoms with Crippen molar-refractivity contribution >= 4 is 132 Å². The van der Waals surface area contributed by atoms with Gasteiger partial charge in [-0.2, -0.15) is 50.5 Å². The van der Waals surface area contributed by atoms with Gasteiger partial charge in [-0.15, -0.1) is 0 Å². The third-order valence-corrected chi connectivity index (χ3v) is 7.40. The maximum Gasteiger partial charge on any atom is 0.307 e. The predicted octanol–water partition coefficient (Wildman–Crippen LogP) is 5.84. The SMILES string of the molecule is O=C(CCS)OC[C@H](OC(=O)CCS)[C@@H](COC(=O)CCS)OC(=O)CCS.Oc1c(Cl)c(Cl)c(Cl)c(Cl)c1Cl. The van der Waals surface area contributed by atoms with E-state index in [0.717, 1.165) is 0 Å². The normalized spacial score (nSPS) is 11.9. The molecule has 0 aliphatic rings. The highest BCUT2D eigenvalue weighted by atomic mass is 35.5. The molecule has 1 aromatic carbocycles. The fourth-order valence-electron chi connectivity index (χ4n) is 2.34. The molecule has 0 aliphatic heterocycles. The molecule has 40 heavy (non-hydrogen) atoms. The molecule has 2 atom stereocenters. The van der Waals surface area contributed by atoms with E-state index >= 15 is 0 Å². The van der Waals surface area contributed by atoms with Gasteiger partial charge >= 0.3 is 23.9 Å². The topological polar surface area (TPSA) is 125 Å². The van der Waals surface area contributed by atoms with Gasteiger partial charge in [0.25, 0.3) is 0 Å². The number of hydrogen-bond acceptors (Lipinski definition) is 13. The first-order chi connectivity index (χ1) is 18.8. The van der Waals surface area contributed by atoms with E-state index in [-0.39, 0.29) is 92.8 Å². The first-order valence-electron chi connectivity index (χ1n) is 11.2. The zero-order valence-corrected chi connectivity index (χ0v) is 28.0. The molecular weight excluding hydrogens is 714 g/mol. The second kappa shape index (κ2) is 22.3. The summed E-state index contributed by atoms with van der Waals surface area (Å²) in [5, 5.41) is 9.01. The van der Waals surface area contributed by atoms with Gasteiger partial charge in [-0.25, -0.2) is 0 Å². The number of esters is 4. The van der Waals surface area contributed by atoms with Gasteiger partial charge in [0.2, 0.25) is 0 Å². The Morgan fingerprint density at radius 3 is 1.12 bits per heavy atom. The number of thiol groups is 4. The van der Waals surface area contributed by atoms with E-state index in [4.69, 9.17) is 77.0 Å². The molecule has 18 heteroatoms. The van der Waals surface area contributed by atoms with E-state index in [2.05, 4.69) is 50.5 Å². The smallest absolute Gasteiger partial charge is 0.307 e. The van der Waals surface area contributed by atoms with Crippen LogP contribution in [0, 0.1) is 0 Å². The molecule has 0 aliphatic carbocycles. The molecule has 1 aromatic rings. The van der Waals surface area contributed by atoms with Crippen LogP contribution < -0.4 is 0 Å². The third-order valence-electron chi connectivity index (χ3n) is 4.25. The summed E-state index contributed by atoms with van der Waals surface area (Å²) in [5.74, 6) is -1.68. The van der Waals surface area contributed by atoms with Crippen LogP contribution in [0.3, 0.4) is 0 Å². The second-order valence-electron chi connectivity index (χ2n) is 7.24. The summed E-state index contributed by atoms with van der Waals surface area (Å²) in [6.07, 6.45) is -2.18. The van der Waals surface area contributed by atoms with Crippen molar-refractivity contribution in [1.29, 1.82) is 0 Å². The number of hydrogen-bond donors (Lipinski definition) is 5. The standard InChI is InChI=1S/C16H26O8S4.C6HCl5O/c17-13(1-5-25)21-9-11(23-15(19)3-7-27)12(24-16(20)4-8-28)10-22-14(18)2-6-26;7-1-2(8)4(10)6(12)5(11)3(1)9/h11-12,25-28H,1-10H2;12H/t11-,12+;. The number of halogens is 5. The number of carbonyl (C=O) groups is 4. The van der Waals surface area contributed by atoms with Crippen LogP contribution in [-0.4, -0.2) is 77.4 Å². The van der Waals surface area contributed by atoms with Crippen LogP contribution in [0.4, 0.5) is 0 Å². The Morgan fingerprint density at radius 1 is 0.550 bits per heavy atom. The van der Waals surface area contributed by atoms with E-state index in [1.54, 1.807) is 0 Å². The fraction of sp³-hybridized carbons (Fsp3) is 0.545. The highest BCUT2D eigenvalue weighted by Gasteiger charge is 2.31. The molecule has 228 valence electrons. The molecule has 0 fully saturated rings. The Kier molecular flexibility index (Phi) is 22.2. The summed E-state index contributed by atoms with van der Waals surface area (Å²) >= 11 is 43.7. The summed E-state index contributed by atoms with van der Waals surface area (Å²) in [7, 11) is 0. The number of aromatic hydroxyl groups is 1. The quantitative estimate of drug-likeness (QED) is 0.0497. The van der Waals surface area contributed by atoms with Gasteiger partial charge in [0.1, 0.15) is 23.3 Å². The van der Waals surface area contributed by atoms with Crippen molar-refractivity contribution in [2.45, 2.75) is 37.9 Å². The van der Waals surface area contributed by atoms with E-state index in [1.807, 2.05) is 0 Å². The number of rotatable bonds is 15. The molecule has 0 saturated heterocycles. The largest absolute Gasteiger partial charge is 0.505 e. The molecule has 0 heterocycles. The van der Waals surface area contributed by atoms with Gasteiger partial charge in [0.05, 0.1) is 40.8 Å². The number of benzene rings is 1. The molecule has 0 unspecified atom stereocenters. The number of phenols is 1. The second-order valence-corrected chi connectivity index (χ2v) is 10.9. The zero-order chi connectivity index (χ0) is 30.8. The first-order valence-corrected chi connectivity index (χ1v) is 15.6. The van der Waals surface area contributed by atoms with Gasteiger partial charge in [0.15, 0.2) is 18.0 Å². The first kappa shape index (κ1) is 39.8. The van der Waals surface area contributed by atoms with Gasteiger partial charge < -0.3 is 24.1 Å². The molecule has 0 bridgehead atoms. The number of ether oxygens (including phenoxy) is 4.